The van der Waals surface area contributed by atoms with Crippen molar-refractivity contribution in [2.24, 2.45) is 0 Å². The van der Waals surface area contributed by atoms with Crippen LogP contribution in [0.4, 0.5) is 0 Å². The Morgan fingerprint density at radius 3 is 2.79 bits per heavy atom. The molecule has 1 aliphatic heterocycles. The first-order valence-corrected chi connectivity index (χ1v) is 8.63. The van der Waals surface area contributed by atoms with Crippen LogP contribution in [0.1, 0.15) is 64.7 Å². The molecule has 0 amide bonds. The molecule has 1 aliphatic carbocycles. The quantitative estimate of drug-likeness (QED) is 0.442. The Kier molecular flexibility index (Phi) is 6.99. The Morgan fingerprint density at radius 1 is 1.21 bits per heavy atom. The third-order valence-electron chi connectivity index (χ3n) is 3.84. The SMILES string of the molecule is CCCCOSC1(CCCOC2CCCCO2)CC1. The molecule has 4 heteroatoms. The molecule has 19 heavy (non-hydrogen) atoms. The van der Waals surface area contributed by atoms with E-state index in [2.05, 4.69) is 6.92 Å². The van der Waals surface area contributed by atoms with Crippen LogP contribution in [0.5, 0.6) is 0 Å². The summed E-state index contributed by atoms with van der Waals surface area (Å²) in [5.41, 5.74) is 0. The van der Waals surface area contributed by atoms with E-state index in [0.29, 0.717) is 4.75 Å². The molecule has 0 radical (unpaired) electrons. The van der Waals surface area contributed by atoms with Crippen LogP contribution < -0.4 is 0 Å². The zero-order valence-corrected chi connectivity index (χ0v) is 13.0. The van der Waals surface area contributed by atoms with E-state index < -0.39 is 0 Å². The first-order chi connectivity index (χ1) is 9.35. The lowest BCUT2D eigenvalue weighted by atomic mass is 10.2. The van der Waals surface area contributed by atoms with Gasteiger partial charge in [-0.25, -0.2) is 0 Å². The lowest BCUT2D eigenvalue weighted by Crippen LogP contribution is -2.23. The van der Waals surface area contributed by atoms with Crippen molar-refractivity contribution in [2.75, 3.05) is 19.8 Å². The Bertz CT molecular complexity index is 238. The van der Waals surface area contributed by atoms with Crippen LogP contribution >= 0.6 is 12.0 Å². The second-order valence-electron chi connectivity index (χ2n) is 5.71. The summed E-state index contributed by atoms with van der Waals surface area (Å²) in [6, 6.07) is 0. The summed E-state index contributed by atoms with van der Waals surface area (Å²) in [6.45, 7) is 4.80. The summed E-state index contributed by atoms with van der Waals surface area (Å²) < 4.78 is 17.5. The summed E-state index contributed by atoms with van der Waals surface area (Å²) >= 11 is 1.73. The molecule has 2 fully saturated rings. The van der Waals surface area contributed by atoms with Gasteiger partial charge in [0, 0.05) is 18.0 Å². The predicted octanol–water partition coefficient (Wildman–Crippen LogP) is 4.31. The highest BCUT2D eigenvalue weighted by Gasteiger charge is 2.43. The Morgan fingerprint density at radius 2 is 2.11 bits per heavy atom. The van der Waals surface area contributed by atoms with E-state index in [1.54, 1.807) is 12.0 Å². The number of rotatable bonds is 10. The van der Waals surface area contributed by atoms with Crippen LogP contribution in [-0.4, -0.2) is 30.9 Å². The van der Waals surface area contributed by atoms with Crippen LogP contribution in [0.2, 0.25) is 0 Å². The van der Waals surface area contributed by atoms with Crippen molar-refractivity contribution < 1.29 is 13.7 Å². The van der Waals surface area contributed by atoms with Gasteiger partial charge < -0.3 is 13.7 Å². The van der Waals surface area contributed by atoms with Gasteiger partial charge in [-0.15, -0.1) is 0 Å². The monoisotopic (exact) mass is 288 g/mol. The van der Waals surface area contributed by atoms with Gasteiger partial charge in [0.15, 0.2) is 6.29 Å². The molecule has 1 unspecified atom stereocenters. The Labute approximate surface area is 122 Å². The van der Waals surface area contributed by atoms with Crippen molar-refractivity contribution in [3.63, 3.8) is 0 Å². The van der Waals surface area contributed by atoms with Crippen molar-refractivity contribution in [2.45, 2.75) is 75.7 Å². The van der Waals surface area contributed by atoms with E-state index in [-0.39, 0.29) is 6.29 Å². The molecule has 0 aromatic heterocycles. The van der Waals surface area contributed by atoms with Gasteiger partial charge in [-0.2, -0.15) is 0 Å². The molecule has 0 N–H and O–H groups in total. The normalized spacial score (nSPS) is 25.4. The van der Waals surface area contributed by atoms with Crippen molar-refractivity contribution >= 4 is 12.0 Å². The number of hydrogen-bond donors (Lipinski definition) is 0. The van der Waals surface area contributed by atoms with Crippen LogP contribution in [0, 0.1) is 0 Å². The molecule has 2 aliphatic rings. The van der Waals surface area contributed by atoms with Gasteiger partial charge in [0.2, 0.25) is 0 Å². The number of unbranched alkanes of at least 4 members (excludes halogenated alkanes) is 1. The van der Waals surface area contributed by atoms with Crippen molar-refractivity contribution in [3.8, 4) is 0 Å². The molecule has 0 aromatic carbocycles. The molecule has 1 saturated carbocycles. The van der Waals surface area contributed by atoms with Gasteiger partial charge >= 0.3 is 0 Å². The van der Waals surface area contributed by atoms with E-state index in [9.17, 15) is 0 Å². The van der Waals surface area contributed by atoms with Crippen LogP contribution in [0.3, 0.4) is 0 Å². The fourth-order valence-corrected chi connectivity index (χ4v) is 3.28. The molecule has 2 rings (SSSR count). The molecule has 0 bridgehead atoms. The minimum Gasteiger partial charge on any atom is -0.353 e. The van der Waals surface area contributed by atoms with Crippen molar-refractivity contribution in [1.82, 2.24) is 0 Å². The topological polar surface area (TPSA) is 27.7 Å². The standard InChI is InChI=1S/C15H28O3S/c1-2-3-13-18-19-15(9-10-15)8-6-12-17-14-7-4-5-11-16-14/h14H,2-13H2,1H3. The van der Waals surface area contributed by atoms with Crippen LogP contribution in [0.25, 0.3) is 0 Å². The largest absolute Gasteiger partial charge is 0.353 e. The minimum atomic E-state index is 0.0670. The second-order valence-corrected chi connectivity index (χ2v) is 6.98. The third-order valence-corrected chi connectivity index (χ3v) is 5.09. The summed E-state index contributed by atoms with van der Waals surface area (Å²) in [7, 11) is 0. The lowest BCUT2D eigenvalue weighted by molar-refractivity contribution is -0.162. The second kappa shape index (κ2) is 8.50. The predicted molar refractivity (Wildman–Crippen MR) is 79.2 cm³/mol. The van der Waals surface area contributed by atoms with Crippen molar-refractivity contribution in [3.05, 3.63) is 0 Å². The van der Waals surface area contributed by atoms with E-state index >= 15 is 0 Å². The molecule has 1 atom stereocenters. The van der Waals surface area contributed by atoms with Crippen molar-refractivity contribution in [1.29, 1.82) is 0 Å². The molecule has 1 heterocycles. The minimum absolute atomic E-state index is 0.0670. The average Bonchev–Trinajstić information content (AvgIpc) is 3.22. The maximum Gasteiger partial charge on any atom is 0.157 e. The Balaban J connectivity index is 1.47. The highest BCUT2D eigenvalue weighted by Crippen LogP contribution is 2.52. The molecular weight excluding hydrogens is 260 g/mol. The van der Waals surface area contributed by atoms with Crippen LogP contribution in [-0.2, 0) is 13.7 Å². The first-order valence-electron chi connectivity index (χ1n) is 7.88. The first kappa shape index (κ1) is 15.6. The fraction of sp³-hybridized carbons (Fsp3) is 1.00. The Hall–Kier alpha value is 0.230. The maximum absolute atomic E-state index is 5.78. The van der Waals surface area contributed by atoms with Gasteiger partial charge in [0.25, 0.3) is 0 Å². The highest BCUT2D eigenvalue weighted by molar-refractivity contribution is 7.96. The smallest absolute Gasteiger partial charge is 0.157 e. The summed E-state index contributed by atoms with van der Waals surface area (Å²) in [5.74, 6) is 0. The van der Waals surface area contributed by atoms with Gasteiger partial charge in [0.1, 0.15) is 0 Å². The van der Waals surface area contributed by atoms with Gasteiger partial charge in [-0.3, -0.25) is 0 Å². The number of hydrogen-bond acceptors (Lipinski definition) is 4. The molecular formula is C15H28O3S. The van der Waals surface area contributed by atoms with Crippen LogP contribution in [0.15, 0.2) is 0 Å². The number of ether oxygens (including phenoxy) is 2. The summed E-state index contributed by atoms with van der Waals surface area (Å²) in [5, 5.41) is 0. The molecule has 0 spiro atoms. The summed E-state index contributed by atoms with van der Waals surface area (Å²) in [6.07, 6.45) is 10.9. The van der Waals surface area contributed by atoms with Gasteiger partial charge in [-0.1, -0.05) is 13.3 Å². The lowest BCUT2D eigenvalue weighted by Gasteiger charge is -2.23. The summed E-state index contributed by atoms with van der Waals surface area (Å²) in [4.78, 5) is 0. The van der Waals surface area contributed by atoms with E-state index in [1.807, 2.05) is 0 Å². The molecule has 112 valence electrons. The fourth-order valence-electron chi connectivity index (χ4n) is 2.34. The molecule has 3 nitrogen and oxygen atoms in total. The molecule has 0 aromatic rings. The van der Waals surface area contributed by atoms with Gasteiger partial charge in [-0.05, 0) is 63.4 Å². The average molecular weight is 288 g/mol. The van der Waals surface area contributed by atoms with E-state index in [0.717, 1.165) is 32.7 Å². The maximum atomic E-state index is 5.78. The van der Waals surface area contributed by atoms with E-state index in [1.165, 1.54) is 44.9 Å². The highest BCUT2D eigenvalue weighted by atomic mass is 32.2. The third kappa shape index (κ3) is 6.03. The zero-order valence-electron chi connectivity index (χ0n) is 12.2. The van der Waals surface area contributed by atoms with E-state index in [4.69, 9.17) is 13.7 Å². The molecule has 1 saturated heterocycles. The van der Waals surface area contributed by atoms with Gasteiger partial charge in [0.05, 0.1) is 6.61 Å². The zero-order chi connectivity index (χ0) is 13.4.